The van der Waals surface area contributed by atoms with Gasteiger partial charge in [-0.2, -0.15) is 0 Å². The molecule has 2 heterocycles. The van der Waals surface area contributed by atoms with E-state index >= 15 is 0 Å². The van der Waals surface area contributed by atoms with Crippen LogP contribution in [0.2, 0.25) is 0 Å². The summed E-state index contributed by atoms with van der Waals surface area (Å²) in [6, 6.07) is 0. The molecule has 8 nitrogen and oxygen atoms in total. The van der Waals surface area contributed by atoms with E-state index in [2.05, 4.69) is 15.5 Å². The van der Waals surface area contributed by atoms with Crippen molar-refractivity contribution < 1.29 is 14.6 Å². The average Bonchev–Trinajstić information content (AvgIpc) is 2.93. The summed E-state index contributed by atoms with van der Waals surface area (Å²) in [4.78, 5) is 14.1. The summed E-state index contributed by atoms with van der Waals surface area (Å²) >= 11 is 0. The smallest absolute Gasteiger partial charge is 0.224 e. The normalized spacial score (nSPS) is 25.0. The van der Waals surface area contributed by atoms with Gasteiger partial charge in [0.2, 0.25) is 5.91 Å². The van der Waals surface area contributed by atoms with Crippen molar-refractivity contribution >= 4 is 5.91 Å². The van der Waals surface area contributed by atoms with E-state index in [0.29, 0.717) is 32.5 Å². The predicted octanol–water partition coefficient (Wildman–Crippen LogP) is -0.301. The van der Waals surface area contributed by atoms with Gasteiger partial charge in [-0.1, -0.05) is 13.8 Å². The molecule has 1 saturated heterocycles. The maximum atomic E-state index is 12.3. The summed E-state index contributed by atoms with van der Waals surface area (Å²) in [7, 11) is 1.58. The lowest BCUT2D eigenvalue weighted by Crippen LogP contribution is -2.60. The number of aryl methyl sites for hydroxylation is 1. The molecule has 0 spiro atoms. The van der Waals surface area contributed by atoms with E-state index in [1.807, 2.05) is 13.8 Å². The van der Waals surface area contributed by atoms with Gasteiger partial charge in [0.05, 0.1) is 18.8 Å². The molecule has 1 aliphatic heterocycles. The highest BCUT2D eigenvalue weighted by molar-refractivity contribution is 5.76. The van der Waals surface area contributed by atoms with Gasteiger partial charge >= 0.3 is 0 Å². The van der Waals surface area contributed by atoms with E-state index in [-0.39, 0.29) is 12.5 Å². The molecule has 0 unspecified atom stereocenters. The van der Waals surface area contributed by atoms with E-state index in [1.54, 1.807) is 12.0 Å². The van der Waals surface area contributed by atoms with Crippen molar-refractivity contribution in [2.24, 2.45) is 5.41 Å². The number of amides is 1. The zero-order valence-electron chi connectivity index (χ0n) is 12.8. The van der Waals surface area contributed by atoms with Gasteiger partial charge in [0.15, 0.2) is 0 Å². The Morgan fingerprint density at radius 1 is 1.48 bits per heavy atom. The van der Waals surface area contributed by atoms with E-state index in [4.69, 9.17) is 4.74 Å². The van der Waals surface area contributed by atoms with Gasteiger partial charge in [0.1, 0.15) is 6.33 Å². The molecule has 21 heavy (non-hydrogen) atoms. The Hall–Kier alpha value is -1.54. The molecule has 1 N–H and O–H groups in total. The average molecular weight is 297 g/mol. The largest absolute Gasteiger partial charge is 0.387 e. The van der Waals surface area contributed by atoms with Crippen molar-refractivity contribution in [1.82, 2.24) is 25.1 Å². The Bertz CT molecular complexity index is 476. The fourth-order valence-electron chi connectivity index (χ4n) is 2.73. The van der Waals surface area contributed by atoms with Gasteiger partial charge in [-0.25, -0.2) is 4.68 Å². The third-order valence-corrected chi connectivity index (χ3v) is 4.32. The Labute approximate surface area is 124 Å². The molecule has 1 amide bonds. The van der Waals surface area contributed by atoms with Gasteiger partial charge in [-0.05, 0) is 16.8 Å². The summed E-state index contributed by atoms with van der Waals surface area (Å²) in [6.07, 6.45) is 2.36. The number of ether oxygens (including phenoxy) is 1. The number of carbonyl (C=O) groups is 1. The quantitative estimate of drug-likeness (QED) is 0.802. The van der Waals surface area contributed by atoms with Crippen LogP contribution < -0.4 is 0 Å². The van der Waals surface area contributed by atoms with Gasteiger partial charge in [0, 0.05) is 32.0 Å². The summed E-state index contributed by atoms with van der Waals surface area (Å²) in [5, 5.41) is 21.5. The van der Waals surface area contributed by atoms with Crippen LogP contribution in [-0.4, -0.2) is 68.5 Å². The minimum atomic E-state index is -0.894. The lowest BCUT2D eigenvalue weighted by molar-refractivity contribution is -0.163. The van der Waals surface area contributed by atoms with Crippen molar-refractivity contribution in [1.29, 1.82) is 0 Å². The topological polar surface area (TPSA) is 93.4 Å². The Balaban J connectivity index is 1.92. The van der Waals surface area contributed by atoms with Crippen LogP contribution in [0.3, 0.4) is 0 Å². The fourth-order valence-corrected chi connectivity index (χ4v) is 2.73. The monoisotopic (exact) mass is 297 g/mol. The van der Waals surface area contributed by atoms with Crippen LogP contribution in [0.1, 0.15) is 26.7 Å². The summed E-state index contributed by atoms with van der Waals surface area (Å²) in [5.74, 6) is 0.0537. The van der Waals surface area contributed by atoms with Crippen LogP contribution >= 0.6 is 0 Å². The van der Waals surface area contributed by atoms with Crippen LogP contribution in [-0.2, 0) is 16.1 Å². The molecule has 2 rings (SSSR count). The molecule has 118 valence electrons. The summed E-state index contributed by atoms with van der Waals surface area (Å²) < 4.78 is 6.67. The first-order valence-electron chi connectivity index (χ1n) is 7.08. The summed E-state index contributed by atoms with van der Waals surface area (Å²) in [5.41, 5.74) is -1.31. The van der Waals surface area contributed by atoms with Crippen LogP contribution in [0.15, 0.2) is 6.33 Å². The van der Waals surface area contributed by atoms with E-state index in [0.717, 1.165) is 0 Å². The van der Waals surface area contributed by atoms with Gasteiger partial charge < -0.3 is 14.7 Å². The maximum Gasteiger partial charge on any atom is 0.224 e. The van der Waals surface area contributed by atoms with E-state index in [1.165, 1.54) is 11.0 Å². The molecule has 8 heteroatoms. The highest BCUT2D eigenvalue weighted by atomic mass is 16.5. The zero-order valence-corrected chi connectivity index (χ0v) is 12.8. The van der Waals surface area contributed by atoms with Crippen molar-refractivity contribution in [2.75, 3.05) is 26.8 Å². The number of aromatic nitrogens is 4. The third kappa shape index (κ3) is 3.38. The number of methoxy groups -OCH3 is 1. The number of tetrazole rings is 1. The predicted molar refractivity (Wildman–Crippen MR) is 74.2 cm³/mol. The molecule has 0 saturated carbocycles. The fraction of sp³-hybridized carbons (Fsp3) is 0.846. The molecule has 0 aromatic carbocycles. The maximum absolute atomic E-state index is 12.3. The molecule has 1 atom stereocenters. The highest BCUT2D eigenvalue weighted by Crippen LogP contribution is 2.38. The minimum absolute atomic E-state index is 0.0537. The molecule has 0 radical (unpaired) electrons. The first-order valence-corrected chi connectivity index (χ1v) is 7.08. The number of rotatable bonds is 5. The molecule has 1 aliphatic rings. The Morgan fingerprint density at radius 3 is 2.81 bits per heavy atom. The van der Waals surface area contributed by atoms with E-state index < -0.39 is 11.0 Å². The molecule has 1 aromatic rings. The number of carbonyl (C=O) groups excluding carboxylic acids is 1. The van der Waals surface area contributed by atoms with Crippen LogP contribution in [0.5, 0.6) is 0 Å². The number of hydrogen-bond acceptors (Lipinski definition) is 6. The molecule has 1 aromatic heterocycles. The molecular formula is C13H23N5O3. The van der Waals surface area contributed by atoms with E-state index in [9.17, 15) is 9.90 Å². The third-order valence-electron chi connectivity index (χ3n) is 4.32. The van der Waals surface area contributed by atoms with Crippen molar-refractivity contribution in [3.05, 3.63) is 6.33 Å². The van der Waals surface area contributed by atoms with Crippen molar-refractivity contribution in [3.63, 3.8) is 0 Å². The SMILES string of the molecule is COC[C@]1(O)CCN(C(=O)CCn2cnnn2)CC1(C)C. The Kier molecular flexibility index (Phi) is 4.58. The van der Waals surface area contributed by atoms with Gasteiger partial charge in [0.25, 0.3) is 0 Å². The van der Waals surface area contributed by atoms with Gasteiger partial charge in [-0.3, -0.25) is 4.79 Å². The molecular weight excluding hydrogens is 274 g/mol. The highest BCUT2D eigenvalue weighted by Gasteiger charge is 2.48. The second kappa shape index (κ2) is 6.07. The van der Waals surface area contributed by atoms with Crippen LogP contribution in [0.25, 0.3) is 0 Å². The number of nitrogens with zero attached hydrogens (tertiary/aromatic N) is 5. The molecule has 1 fully saturated rings. The van der Waals surface area contributed by atoms with Crippen molar-refractivity contribution in [3.8, 4) is 0 Å². The summed E-state index contributed by atoms with van der Waals surface area (Å²) in [6.45, 7) is 5.73. The van der Waals surface area contributed by atoms with Crippen LogP contribution in [0.4, 0.5) is 0 Å². The first kappa shape index (κ1) is 15.8. The number of hydrogen-bond donors (Lipinski definition) is 1. The molecule has 0 bridgehead atoms. The number of aliphatic hydroxyl groups is 1. The first-order chi connectivity index (χ1) is 9.88. The molecule has 0 aliphatic carbocycles. The number of piperidine rings is 1. The Morgan fingerprint density at radius 2 is 2.24 bits per heavy atom. The minimum Gasteiger partial charge on any atom is -0.387 e. The standard InChI is InChI=1S/C13H23N5O3/c1-12(2)8-17(7-5-13(12,20)9-21-3)11(19)4-6-18-10-14-15-16-18/h10,20H,4-9H2,1-3H3/t13-/m1/s1. The second-order valence-corrected chi connectivity index (χ2v) is 6.24. The van der Waals surface area contributed by atoms with Gasteiger partial charge in [-0.15, -0.1) is 5.10 Å². The lowest BCUT2D eigenvalue weighted by Gasteiger charge is -2.50. The zero-order chi connectivity index (χ0) is 15.5. The number of likely N-dealkylation sites (tertiary alicyclic amines) is 1. The lowest BCUT2D eigenvalue weighted by atomic mass is 9.70. The second-order valence-electron chi connectivity index (χ2n) is 6.24. The van der Waals surface area contributed by atoms with Crippen molar-refractivity contribution in [2.45, 2.75) is 38.8 Å². The van der Waals surface area contributed by atoms with Crippen LogP contribution in [0, 0.1) is 5.41 Å².